The molecule has 7 heteroatoms. The van der Waals surface area contributed by atoms with Gasteiger partial charge in [-0.2, -0.15) is 0 Å². The number of alkyl carbamates (subject to hydrolysis) is 1. The first-order valence-corrected chi connectivity index (χ1v) is 8.22. The van der Waals surface area contributed by atoms with Gasteiger partial charge in [-0.1, -0.05) is 0 Å². The highest BCUT2D eigenvalue weighted by atomic mass is 16.6. The molecule has 5 atom stereocenters. The molecule has 3 rings (SSSR count). The molecule has 0 unspecified atom stereocenters. The Morgan fingerprint density at radius 3 is 2.57 bits per heavy atom. The van der Waals surface area contributed by atoms with E-state index in [0.29, 0.717) is 24.7 Å². The van der Waals surface area contributed by atoms with Crippen molar-refractivity contribution in [3.05, 3.63) is 0 Å². The van der Waals surface area contributed by atoms with Crippen LogP contribution in [0.15, 0.2) is 0 Å². The summed E-state index contributed by atoms with van der Waals surface area (Å²) in [7, 11) is 0. The number of ether oxygens (including phenoxy) is 1. The van der Waals surface area contributed by atoms with Crippen molar-refractivity contribution in [1.82, 2.24) is 10.2 Å². The van der Waals surface area contributed by atoms with Crippen LogP contribution in [0.3, 0.4) is 0 Å². The van der Waals surface area contributed by atoms with Gasteiger partial charge < -0.3 is 20.1 Å². The van der Waals surface area contributed by atoms with Crippen LogP contribution < -0.4 is 5.32 Å². The van der Waals surface area contributed by atoms with Crippen LogP contribution in [0.2, 0.25) is 0 Å². The minimum absolute atomic E-state index is 0.0130. The zero-order valence-electron chi connectivity index (χ0n) is 13.7. The largest absolute Gasteiger partial charge is 0.480 e. The monoisotopic (exact) mass is 324 g/mol. The van der Waals surface area contributed by atoms with Crippen LogP contribution in [0.4, 0.5) is 4.79 Å². The van der Waals surface area contributed by atoms with Crippen molar-refractivity contribution < 1.29 is 24.2 Å². The summed E-state index contributed by atoms with van der Waals surface area (Å²) >= 11 is 0. The molecule has 2 saturated heterocycles. The second kappa shape index (κ2) is 5.39. The summed E-state index contributed by atoms with van der Waals surface area (Å²) in [4.78, 5) is 37.8. The lowest BCUT2D eigenvalue weighted by molar-refractivity contribution is -0.150. The summed E-state index contributed by atoms with van der Waals surface area (Å²) < 4.78 is 5.23. The fourth-order valence-electron chi connectivity index (χ4n) is 3.99. The summed E-state index contributed by atoms with van der Waals surface area (Å²) in [6, 6.07) is -1.45. The van der Waals surface area contributed by atoms with Crippen molar-refractivity contribution in [3.63, 3.8) is 0 Å². The minimum atomic E-state index is -0.962. The number of nitrogens with zero attached hydrogens (tertiary/aromatic N) is 1. The Morgan fingerprint density at radius 2 is 1.96 bits per heavy atom. The average Bonchev–Trinajstić information content (AvgIpc) is 3.03. The quantitative estimate of drug-likeness (QED) is 0.799. The number of hydrogen-bond donors (Lipinski definition) is 2. The molecule has 1 saturated carbocycles. The second-order valence-electron chi connectivity index (χ2n) is 7.84. The van der Waals surface area contributed by atoms with Crippen LogP contribution in [0.25, 0.3) is 0 Å². The lowest BCUT2D eigenvalue weighted by Gasteiger charge is -2.30. The SMILES string of the molecule is CC(C)(C)OC(=O)N[C@H]1C[C@@H]2C[C@@H]2[C@H]2CC[C@@H](C(=O)O)N2C1=O. The van der Waals surface area contributed by atoms with E-state index in [-0.39, 0.29) is 11.9 Å². The number of carbonyl (C=O) groups is 3. The Morgan fingerprint density at radius 1 is 1.26 bits per heavy atom. The number of aliphatic carboxylic acids is 1. The summed E-state index contributed by atoms with van der Waals surface area (Å²) in [5.74, 6) is -0.468. The summed E-state index contributed by atoms with van der Waals surface area (Å²) in [6.45, 7) is 5.28. The highest BCUT2D eigenvalue weighted by Gasteiger charge is 2.56. The van der Waals surface area contributed by atoms with Crippen molar-refractivity contribution in [2.24, 2.45) is 11.8 Å². The van der Waals surface area contributed by atoms with Gasteiger partial charge in [0.15, 0.2) is 0 Å². The van der Waals surface area contributed by atoms with Gasteiger partial charge in [0.2, 0.25) is 5.91 Å². The molecule has 2 aliphatic heterocycles. The maximum atomic E-state index is 12.8. The zero-order chi connectivity index (χ0) is 16.9. The Labute approximate surface area is 135 Å². The first-order valence-electron chi connectivity index (χ1n) is 8.22. The van der Waals surface area contributed by atoms with E-state index < -0.39 is 29.7 Å². The van der Waals surface area contributed by atoms with E-state index in [1.807, 2.05) is 0 Å². The van der Waals surface area contributed by atoms with E-state index in [9.17, 15) is 19.5 Å². The first kappa shape index (κ1) is 16.1. The Balaban J connectivity index is 1.75. The fourth-order valence-corrected chi connectivity index (χ4v) is 3.99. The average molecular weight is 324 g/mol. The van der Waals surface area contributed by atoms with E-state index in [1.165, 1.54) is 4.90 Å². The van der Waals surface area contributed by atoms with E-state index in [0.717, 1.165) is 12.8 Å². The molecule has 0 bridgehead atoms. The standard InChI is InChI=1S/C16H24N2O5/c1-16(2,3)23-15(22)17-10-7-8-6-9(8)11-4-5-12(14(20)21)18(11)13(10)19/h8-12H,4-7H2,1-3H3,(H,17,22)(H,20,21)/t8-,9-,10-,11+,12-/m0/s1. The highest BCUT2D eigenvalue weighted by molar-refractivity contribution is 5.90. The molecule has 2 heterocycles. The molecule has 0 radical (unpaired) electrons. The maximum absolute atomic E-state index is 12.8. The maximum Gasteiger partial charge on any atom is 0.408 e. The van der Waals surface area contributed by atoms with Gasteiger partial charge in [0, 0.05) is 6.04 Å². The predicted molar refractivity (Wildman–Crippen MR) is 80.7 cm³/mol. The van der Waals surface area contributed by atoms with Crippen molar-refractivity contribution >= 4 is 18.0 Å². The van der Waals surface area contributed by atoms with Crippen LogP contribution >= 0.6 is 0 Å². The van der Waals surface area contributed by atoms with E-state index >= 15 is 0 Å². The van der Waals surface area contributed by atoms with Gasteiger partial charge in [-0.05, 0) is 58.3 Å². The predicted octanol–water partition coefficient (Wildman–Crippen LogP) is 1.36. The smallest absolute Gasteiger partial charge is 0.408 e. The minimum Gasteiger partial charge on any atom is -0.480 e. The summed E-state index contributed by atoms with van der Waals surface area (Å²) in [5, 5.41) is 12.0. The lowest BCUT2D eigenvalue weighted by atomic mass is 10.1. The molecule has 2 N–H and O–H groups in total. The Hall–Kier alpha value is -1.79. The number of carboxylic acid groups (broad SMARTS) is 1. The lowest BCUT2D eigenvalue weighted by Crippen LogP contribution is -2.54. The summed E-state index contributed by atoms with van der Waals surface area (Å²) in [6.07, 6.45) is 2.18. The van der Waals surface area contributed by atoms with Crippen molar-refractivity contribution in [3.8, 4) is 0 Å². The van der Waals surface area contributed by atoms with Crippen LogP contribution in [0, 0.1) is 11.8 Å². The second-order valence-corrected chi connectivity index (χ2v) is 7.84. The molecule has 0 aromatic rings. The number of amides is 2. The first-order chi connectivity index (χ1) is 10.7. The topological polar surface area (TPSA) is 95.9 Å². The third kappa shape index (κ3) is 3.14. The third-order valence-corrected chi connectivity index (χ3v) is 4.97. The Kier molecular flexibility index (Phi) is 3.77. The fraction of sp³-hybridized carbons (Fsp3) is 0.812. The molecule has 0 aromatic heterocycles. The van der Waals surface area contributed by atoms with Crippen molar-refractivity contribution in [2.45, 2.75) is 70.2 Å². The van der Waals surface area contributed by atoms with Gasteiger partial charge in [-0.15, -0.1) is 0 Å². The molecule has 7 nitrogen and oxygen atoms in total. The van der Waals surface area contributed by atoms with Gasteiger partial charge in [0.05, 0.1) is 0 Å². The Bertz CT molecular complexity index is 541. The third-order valence-electron chi connectivity index (χ3n) is 4.97. The van der Waals surface area contributed by atoms with Crippen LogP contribution in [-0.2, 0) is 14.3 Å². The number of rotatable bonds is 2. The molecular formula is C16H24N2O5. The number of carbonyl (C=O) groups excluding carboxylic acids is 2. The van der Waals surface area contributed by atoms with Gasteiger partial charge in [0.25, 0.3) is 0 Å². The molecule has 2 amide bonds. The molecule has 3 fully saturated rings. The van der Waals surface area contributed by atoms with Gasteiger partial charge in [0.1, 0.15) is 17.7 Å². The van der Waals surface area contributed by atoms with Crippen LogP contribution in [0.1, 0.15) is 46.5 Å². The van der Waals surface area contributed by atoms with Gasteiger partial charge in [-0.25, -0.2) is 9.59 Å². The molecule has 128 valence electrons. The highest BCUT2D eigenvalue weighted by Crippen LogP contribution is 2.52. The van der Waals surface area contributed by atoms with Crippen LogP contribution in [0.5, 0.6) is 0 Å². The summed E-state index contributed by atoms with van der Waals surface area (Å²) in [5.41, 5.74) is -0.639. The van der Waals surface area contributed by atoms with Crippen molar-refractivity contribution in [1.29, 1.82) is 0 Å². The van der Waals surface area contributed by atoms with E-state index in [4.69, 9.17) is 4.74 Å². The van der Waals surface area contributed by atoms with E-state index in [2.05, 4.69) is 5.32 Å². The molecule has 0 aromatic carbocycles. The molecule has 23 heavy (non-hydrogen) atoms. The molecular weight excluding hydrogens is 300 g/mol. The van der Waals surface area contributed by atoms with Gasteiger partial charge >= 0.3 is 12.1 Å². The zero-order valence-corrected chi connectivity index (χ0v) is 13.7. The number of hydrogen-bond acceptors (Lipinski definition) is 4. The van der Waals surface area contributed by atoms with E-state index in [1.54, 1.807) is 20.8 Å². The van der Waals surface area contributed by atoms with Crippen LogP contribution in [-0.4, -0.2) is 51.7 Å². The number of nitrogens with one attached hydrogen (secondary N) is 1. The van der Waals surface area contributed by atoms with Crippen molar-refractivity contribution in [2.75, 3.05) is 0 Å². The van der Waals surface area contributed by atoms with Gasteiger partial charge in [-0.3, -0.25) is 4.79 Å². The molecule has 0 spiro atoms. The molecule has 1 aliphatic carbocycles. The molecule has 3 aliphatic rings. The number of carboxylic acids is 1. The number of fused-ring (bicyclic) bond motifs is 3. The normalized spacial score (nSPS) is 35.9.